The Bertz CT molecular complexity index is 700. The molecule has 1 aliphatic carbocycles. The van der Waals surface area contributed by atoms with Crippen molar-refractivity contribution in [3.05, 3.63) is 46.8 Å². The maximum atomic E-state index is 14.3. The van der Waals surface area contributed by atoms with Gasteiger partial charge in [-0.05, 0) is 30.9 Å². The van der Waals surface area contributed by atoms with E-state index in [4.69, 9.17) is 5.11 Å². The molecule has 1 heterocycles. The molecular weight excluding hydrogens is 329 g/mol. The van der Waals surface area contributed by atoms with Gasteiger partial charge in [0.15, 0.2) is 5.78 Å². The minimum Gasteiger partial charge on any atom is -0.478 e. The summed E-state index contributed by atoms with van der Waals surface area (Å²) in [5.41, 5.74) is 1.60. The van der Waals surface area contributed by atoms with Crippen molar-refractivity contribution in [1.82, 2.24) is 4.90 Å². The molecule has 0 aromatic heterocycles. The van der Waals surface area contributed by atoms with Crippen LogP contribution in [0.25, 0.3) is 0 Å². The van der Waals surface area contributed by atoms with Gasteiger partial charge in [0.1, 0.15) is 5.82 Å². The van der Waals surface area contributed by atoms with Gasteiger partial charge in [0, 0.05) is 48.0 Å². The van der Waals surface area contributed by atoms with E-state index < -0.39 is 5.97 Å². The molecule has 1 atom stereocenters. The second-order valence-electron chi connectivity index (χ2n) is 6.48. The van der Waals surface area contributed by atoms with Crippen molar-refractivity contribution in [3.8, 4) is 0 Å². The molecule has 1 unspecified atom stereocenters. The standard InChI is InChI=1S/C18H20FNO3S/c19-15-3-1-2-13(18(23)11-4-5-11)14(15)10-20-7-6-16(24)12(9-20)8-17(21)22/h1-3,8,11,16,24H,4-7,9-10H2,(H,21,22)/b12-8-. The maximum absolute atomic E-state index is 14.3. The Hall–Kier alpha value is -1.66. The molecule has 1 saturated carbocycles. The SMILES string of the molecule is O=C(O)/C=C1/CN(Cc2c(F)cccc2C(=O)C2CC2)CCC1S. The number of carboxylic acid groups (broad SMARTS) is 1. The van der Waals surface area contributed by atoms with Crippen LogP contribution in [0.5, 0.6) is 0 Å². The fourth-order valence-electron chi connectivity index (χ4n) is 3.11. The van der Waals surface area contributed by atoms with Crippen LogP contribution in [-0.4, -0.2) is 40.1 Å². The molecule has 1 saturated heterocycles. The number of hydrogen-bond acceptors (Lipinski definition) is 4. The fourth-order valence-corrected chi connectivity index (χ4v) is 3.38. The number of benzene rings is 1. The zero-order valence-corrected chi connectivity index (χ0v) is 14.1. The molecule has 0 spiro atoms. The van der Waals surface area contributed by atoms with Gasteiger partial charge in [-0.1, -0.05) is 12.1 Å². The van der Waals surface area contributed by atoms with Gasteiger partial charge < -0.3 is 5.11 Å². The highest BCUT2D eigenvalue weighted by Crippen LogP contribution is 2.34. The predicted octanol–water partition coefficient (Wildman–Crippen LogP) is 2.93. The lowest BCUT2D eigenvalue weighted by Gasteiger charge is -2.32. The van der Waals surface area contributed by atoms with Crippen LogP contribution in [0.2, 0.25) is 0 Å². The number of rotatable bonds is 5. The van der Waals surface area contributed by atoms with E-state index in [1.54, 1.807) is 12.1 Å². The molecule has 1 N–H and O–H groups in total. The highest BCUT2D eigenvalue weighted by Gasteiger charge is 2.33. The van der Waals surface area contributed by atoms with E-state index in [1.165, 1.54) is 12.1 Å². The highest BCUT2D eigenvalue weighted by atomic mass is 32.1. The van der Waals surface area contributed by atoms with E-state index >= 15 is 0 Å². The van der Waals surface area contributed by atoms with E-state index in [1.807, 2.05) is 4.90 Å². The average Bonchev–Trinajstić information content (AvgIpc) is 3.36. The predicted molar refractivity (Wildman–Crippen MR) is 91.8 cm³/mol. The first-order valence-corrected chi connectivity index (χ1v) is 8.62. The number of carboxylic acids is 1. The van der Waals surface area contributed by atoms with Crippen molar-refractivity contribution in [2.24, 2.45) is 5.92 Å². The van der Waals surface area contributed by atoms with Gasteiger partial charge in [-0.3, -0.25) is 9.69 Å². The third-order valence-electron chi connectivity index (χ3n) is 4.58. The number of thiol groups is 1. The van der Waals surface area contributed by atoms with Crippen LogP contribution in [0.3, 0.4) is 0 Å². The molecule has 0 bridgehead atoms. The van der Waals surface area contributed by atoms with Gasteiger partial charge in [-0.2, -0.15) is 12.6 Å². The summed E-state index contributed by atoms with van der Waals surface area (Å²) in [6.45, 7) is 1.42. The number of nitrogens with zero attached hydrogens (tertiary/aromatic N) is 1. The van der Waals surface area contributed by atoms with Crippen LogP contribution < -0.4 is 0 Å². The Labute approximate surface area is 145 Å². The summed E-state index contributed by atoms with van der Waals surface area (Å²) in [6, 6.07) is 4.64. The molecule has 4 nitrogen and oxygen atoms in total. The molecule has 0 amide bonds. The summed E-state index contributed by atoms with van der Waals surface area (Å²) in [6.07, 6.45) is 3.64. The zero-order valence-electron chi connectivity index (χ0n) is 13.2. The number of likely N-dealkylation sites (tertiary alicyclic amines) is 1. The molecular formula is C18H20FNO3S. The Morgan fingerprint density at radius 2 is 2.08 bits per heavy atom. The smallest absolute Gasteiger partial charge is 0.328 e. The molecule has 6 heteroatoms. The molecule has 3 rings (SSSR count). The molecule has 128 valence electrons. The second-order valence-corrected chi connectivity index (χ2v) is 7.10. The Balaban J connectivity index is 1.81. The Morgan fingerprint density at radius 3 is 2.75 bits per heavy atom. The largest absolute Gasteiger partial charge is 0.478 e. The van der Waals surface area contributed by atoms with E-state index in [0.29, 0.717) is 42.8 Å². The van der Waals surface area contributed by atoms with Crippen LogP contribution in [-0.2, 0) is 11.3 Å². The van der Waals surface area contributed by atoms with Gasteiger partial charge in [-0.15, -0.1) is 0 Å². The van der Waals surface area contributed by atoms with E-state index in [0.717, 1.165) is 12.8 Å². The van der Waals surface area contributed by atoms with Crippen molar-refractivity contribution < 1.29 is 19.1 Å². The van der Waals surface area contributed by atoms with Crippen LogP contribution in [0.4, 0.5) is 4.39 Å². The number of ketones is 1. The number of piperidine rings is 1. The average molecular weight is 349 g/mol. The lowest BCUT2D eigenvalue weighted by Crippen LogP contribution is -2.36. The number of Topliss-reactive ketones (excluding diaryl/α,β-unsaturated/α-hetero) is 1. The Morgan fingerprint density at radius 1 is 1.33 bits per heavy atom. The first-order valence-electron chi connectivity index (χ1n) is 8.11. The lowest BCUT2D eigenvalue weighted by atomic mass is 9.98. The number of halogens is 1. The second kappa shape index (κ2) is 7.07. The van der Waals surface area contributed by atoms with E-state index in [9.17, 15) is 14.0 Å². The van der Waals surface area contributed by atoms with Gasteiger partial charge in [-0.25, -0.2) is 9.18 Å². The number of carbonyl (C=O) groups is 2. The first kappa shape index (κ1) is 17.2. The van der Waals surface area contributed by atoms with Crippen molar-refractivity contribution in [2.75, 3.05) is 13.1 Å². The summed E-state index contributed by atoms with van der Waals surface area (Å²) < 4.78 is 14.3. The minimum absolute atomic E-state index is 0.0230. The van der Waals surface area contributed by atoms with Gasteiger partial charge >= 0.3 is 5.97 Å². The minimum atomic E-state index is -0.999. The summed E-state index contributed by atoms with van der Waals surface area (Å²) in [5.74, 6) is -1.31. The molecule has 1 aromatic rings. The fraction of sp³-hybridized carbons (Fsp3) is 0.444. The summed E-state index contributed by atoms with van der Waals surface area (Å²) >= 11 is 4.42. The number of carbonyl (C=O) groups excluding carboxylic acids is 1. The lowest BCUT2D eigenvalue weighted by molar-refractivity contribution is -0.131. The molecule has 1 aromatic carbocycles. The topological polar surface area (TPSA) is 57.6 Å². The molecule has 0 radical (unpaired) electrons. The van der Waals surface area contributed by atoms with E-state index in [2.05, 4.69) is 12.6 Å². The third-order valence-corrected chi connectivity index (χ3v) is 5.17. The van der Waals surface area contributed by atoms with Crippen LogP contribution in [0.15, 0.2) is 29.8 Å². The van der Waals surface area contributed by atoms with Gasteiger partial charge in [0.25, 0.3) is 0 Å². The van der Waals surface area contributed by atoms with Gasteiger partial charge in [0.2, 0.25) is 0 Å². The first-order chi connectivity index (χ1) is 11.5. The molecule has 2 aliphatic rings. The maximum Gasteiger partial charge on any atom is 0.328 e. The number of hydrogen-bond donors (Lipinski definition) is 2. The van der Waals surface area contributed by atoms with Crippen LogP contribution >= 0.6 is 12.6 Å². The molecule has 24 heavy (non-hydrogen) atoms. The Kier molecular flexibility index (Phi) is 5.06. The third kappa shape index (κ3) is 3.87. The summed E-state index contributed by atoms with van der Waals surface area (Å²) in [7, 11) is 0. The zero-order chi connectivity index (χ0) is 17.3. The van der Waals surface area contributed by atoms with Crippen molar-refractivity contribution in [3.63, 3.8) is 0 Å². The molecule has 1 aliphatic heterocycles. The normalized spacial score (nSPS) is 23.4. The number of aliphatic carboxylic acids is 1. The van der Waals surface area contributed by atoms with Crippen molar-refractivity contribution in [2.45, 2.75) is 31.1 Å². The highest BCUT2D eigenvalue weighted by molar-refractivity contribution is 7.81. The molecule has 2 fully saturated rings. The van der Waals surface area contributed by atoms with Gasteiger partial charge in [0.05, 0.1) is 0 Å². The monoisotopic (exact) mass is 349 g/mol. The van der Waals surface area contributed by atoms with E-state index in [-0.39, 0.29) is 22.8 Å². The summed E-state index contributed by atoms with van der Waals surface area (Å²) in [5, 5.41) is 8.86. The summed E-state index contributed by atoms with van der Waals surface area (Å²) in [4.78, 5) is 25.3. The van der Waals surface area contributed by atoms with Crippen molar-refractivity contribution in [1.29, 1.82) is 0 Å². The van der Waals surface area contributed by atoms with Crippen LogP contribution in [0.1, 0.15) is 35.2 Å². The van der Waals surface area contributed by atoms with Crippen molar-refractivity contribution >= 4 is 24.4 Å². The quantitative estimate of drug-likeness (QED) is 0.488. The van der Waals surface area contributed by atoms with Crippen LogP contribution in [0, 0.1) is 11.7 Å².